The van der Waals surface area contributed by atoms with E-state index in [1.54, 1.807) is 18.3 Å². The van der Waals surface area contributed by atoms with Gasteiger partial charge in [-0.3, -0.25) is 4.79 Å². The summed E-state index contributed by atoms with van der Waals surface area (Å²) >= 11 is 5.92. The monoisotopic (exact) mass is 372 g/mol. The minimum Gasteiger partial charge on any atom is -0.356 e. The molecule has 2 aromatic rings. The van der Waals surface area contributed by atoms with Gasteiger partial charge >= 0.3 is 0 Å². The summed E-state index contributed by atoms with van der Waals surface area (Å²) in [6.45, 7) is 2.10. The van der Waals surface area contributed by atoms with Crippen molar-refractivity contribution in [3.8, 4) is 6.07 Å². The van der Waals surface area contributed by atoms with Gasteiger partial charge in [-0.15, -0.1) is 0 Å². The first-order valence-corrected chi connectivity index (χ1v) is 8.79. The molecule has 0 unspecified atom stereocenters. The van der Waals surface area contributed by atoms with Crippen LogP contribution >= 0.6 is 11.6 Å². The van der Waals surface area contributed by atoms with Crippen LogP contribution in [0, 0.1) is 23.1 Å². The largest absolute Gasteiger partial charge is 0.356 e. The van der Waals surface area contributed by atoms with E-state index in [9.17, 15) is 14.4 Å². The van der Waals surface area contributed by atoms with Gasteiger partial charge in [0.15, 0.2) is 0 Å². The van der Waals surface area contributed by atoms with Crippen LogP contribution in [0.25, 0.3) is 0 Å². The maximum atomic E-state index is 13.1. The third-order valence-electron chi connectivity index (χ3n) is 4.55. The average molecular weight is 373 g/mol. The number of hydrogen-bond acceptors (Lipinski definition) is 4. The highest BCUT2D eigenvalue weighted by molar-refractivity contribution is 6.33. The van der Waals surface area contributed by atoms with E-state index in [0.29, 0.717) is 18.0 Å². The molecule has 0 radical (unpaired) electrons. The molecule has 7 heteroatoms. The second-order valence-corrected chi connectivity index (χ2v) is 6.66. The molecule has 0 spiro atoms. The SMILES string of the molecule is N#Cc1cccnc1N1CCC(CNC(=O)c2ccc(F)cc2Cl)CC1. The molecule has 5 nitrogen and oxygen atoms in total. The van der Waals surface area contributed by atoms with Crippen LogP contribution in [0.1, 0.15) is 28.8 Å². The van der Waals surface area contributed by atoms with Gasteiger partial charge in [0.05, 0.1) is 16.1 Å². The van der Waals surface area contributed by atoms with Crippen LogP contribution in [0.2, 0.25) is 5.02 Å². The Morgan fingerprint density at radius 1 is 1.38 bits per heavy atom. The topological polar surface area (TPSA) is 69.0 Å². The third kappa shape index (κ3) is 4.12. The molecular formula is C19H18ClFN4O. The number of aromatic nitrogens is 1. The van der Waals surface area contributed by atoms with Gasteiger partial charge in [-0.25, -0.2) is 9.37 Å². The first kappa shape index (κ1) is 18.2. The van der Waals surface area contributed by atoms with Gasteiger partial charge in [0.1, 0.15) is 17.7 Å². The molecule has 0 bridgehead atoms. The summed E-state index contributed by atoms with van der Waals surface area (Å²) in [6.07, 6.45) is 3.46. The van der Waals surface area contributed by atoms with Gasteiger partial charge in [-0.1, -0.05) is 11.6 Å². The third-order valence-corrected chi connectivity index (χ3v) is 4.86. The van der Waals surface area contributed by atoms with Gasteiger partial charge in [-0.2, -0.15) is 5.26 Å². The van der Waals surface area contributed by atoms with E-state index in [1.807, 2.05) is 0 Å². The number of benzene rings is 1. The second-order valence-electron chi connectivity index (χ2n) is 6.25. The number of rotatable bonds is 4. The molecule has 1 aliphatic rings. The predicted molar refractivity (Wildman–Crippen MR) is 97.6 cm³/mol. The number of halogens is 2. The fourth-order valence-electron chi connectivity index (χ4n) is 3.09. The number of carbonyl (C=O) groups is 1. The Labute approximate surface area is 156 Å². The van der Waals surface area contributed by atoms with Gasteiger partial charge in [0.2, 0.25) is 0 Å². The average Bonchev–Trinajstić information content (AvgIpc) is 2.66. The van der Waals surface area contributed by atoms with E-state index in [-0.39, 0.29) is 16.5 Å². The zero-order chi connectivity index (χ0) is 18.5. The number of anilines is 1. The molecule has 1 saturated heterocycles. The lowest BCUT2D eigenvalue weighted by Gasteiger charge is -2.33. The van der Waals surface area contributed by atoms with Gasteiger partial charge in [-0.05, 0) is 49.1 Å². The molecule has 0 atom stereocenters. The first-order chi connectivity index (χ1) is 12.6. The summed E-state index contributed by atoms with van der Waals surface area (Å²) in [7, 11) is 0. The molecule has 134 valence electrons. The molecule has 0 saturated carbocycles. The number of pyridine rings is 1. The summed E-state index contributed by atoms with van der Waals surface area (Å²) in [5.41, 5.74) is 0.850. The van der Waals surface area contributed by atoms with E-state index < -0.39 is 5.82 Å². The van der Waals surface area contributed by atoms with Gasteiger partial charge < -0.3 is 10.2 Å². The van der Waals surface area contributed by atoms with Gasteiger partial charge in [0.25, 0.3) is 5.91 Å². The summed E-state index contributed by atoms with van der Waals surface area (Å²) in [6, 6.07) is 9.43. The molecule has 1 N–H and O–H groups in total. The van der Waals surface area contributed by atoms with Crippen molar-refractivity contribution in [3.63, 3.8) is 0 Å². The van der Waals surface area contributed by atoms with Crippen LogP contribution in [-0.2, 0) is 0 Å². The number of nitriles is 1. The van der Waals surface area contributed by atoms with Crippen molar-refractivity contribution < 1.29 is 9.18 Å². The molecule has 0 aliphatic carbocycles. The lowest BCUT2D eigenvalue weighted by atomic mass is 9.96. The number of nitrogens with zero attached hydrogens (tertiary/aromatic N) is 3. The summed E-state index contributed by atoms with van der Waals surface area (Å²) < 4.78 is 13.1. The lowest BCUT2D eigenvalue weighted by molar-refractivity contribution is 0.0945. The van der Waals surface area contributed by atoms with Crippen molar-refractivity contribution in [3.05, 3.63) is 58.5 Å². The van der Waals surface area contributed by atoms with Crippen LogP contribution in [0.5, 0.6) is 0 Å². The van der Waals surface area contributed by atoms with Crippen LogP contribution in [0.3, 0.4) is 0 Å². The summed E-state index contributed by atoms with van der Waals surface area (Å²) in [5, 5.41) is 12.2. The van der Waals surface area contributed by atoms with E-state index in [1.165, 1.54) is 12.1 Å². The Kier molecular flexibility index (Phi) is 5.69. The predicted octanol–water partition coefficient (Wildman–Crippen LogP) is 3.39. The lowest BCUT2D eigenvalue weighted by Crippen LogP contribution is -2.39. The molecular weight excluding hydrogens is 355 g/mol. The Bertz CT molecular complexity index is 844. The van der Waals surface area contributed by atoms with Crippen molar-refractivity contribution in [2.45, 2.75) is 12.8 Å². The standard InChI is InChI=1S/C19H18ClFN4O/c20-17-10-15(21)3-4-16(17)19(26)24-12-13-5-8-25(9-6-13)18-14(11-22)2-1-7-23-18/h1-4,7,10,13H,5-6,8-9,12H2,(H,24,26). The fraction of sp³-hybridized carbons (Fsp3) is 0.316. The van der Waals surface area contributed by atoms with Crippen LogP contribution in [0.15, 0.2) is 36.5 Å². The normalized spacial score (nSPS) is 14.7. The van der Waals surface area contributed by atoms with Crippen molar-refractivity contribution in [1.82, 2.24) is 10.3 Å². The van der Waals surface area contributed by atoms with E-state index in [2.05, 4.69) is 21.3 Å². The number of hydrogen-bond donors (Lipinski definition) is 1. The van der Waals surface area contributed by atoms with Crippen molar-refractivity contribution in [1.29, 1.82) is 5.26 Å². The summed E-state index contributed by atoms with van der Waals surface area (Å²) in [4.78, 5) is 18.6. The fourth-order valence-corrected chi connectivity index (χ4v) is 3.34. The zero-order valence-electron chi connectivity index (χ0n) is 14.1. The van der Waals surface area contributed by atoms with E-state index in [4.69, 9.17) is 11.6 Å². The zero-order valence-corrected chi connectivity index (χ0v) is 14.8. The molecule has 1 aromatic heterocycles. The molecule has 1 fully saturated rings. The number of piperidine rings is 1. The summed E-state index contributed by atoms with van der Waals surface area (Å²) in [5.74, 6) is 0.290. The van der Waals surface area contributed by atoms with Gasteiger partial charge in [0, 0.05) is 25.8 Å². The number of nitrogens with one attached hydrogen (secondary N) is 1. The molecule has 3 rings (SSSR count). The molecule has 2 heterocycles. The van der Waals surface area contributed by atoms with Crippen LogP contribution < -0.4 is 10.2 Å². The quantitative estimate of drug-likeness (QED) is 0.893. The first-order valence-electron chi connectivity index (χ1n) is 8.42. The van der Waals surface area contributed by atoms with Crippen molar-refractivity contribution >= 4 is 23.3 Å². The Morgan fingerprint density at radius 3 is 2.85 bits per heavy atom. The van der Waals surface area contributed by atoms with Crippen LogP contribution in [-0.4, -0.2) is 30.5 Å². The Balaban J connectivity index is 1.53. The minimum absolute atomic E-state index is 0.108. The smallest absolute Gasteiger partial charge is 0.252 e. The highest BCUT2D eigenvalue weighted by Gasteiger charge is 2.22. The van der Waals surface area contributed by atoms with Crippen molar-refractivity contribution in [2.24, 2.45) is 5.92 Å². The van der Waals surface area contributed by atoms with E-state index in [0.717, 1.165) is 37.8 Å². The molecule has 1 aliphatic heterocycles. The number of carbonyl (C=O) groups excluding carboxylic acids is 1. The Morgan fingerprint density at radius 2 is 2.15 bits per heavy atom. The maximum Gasteiger partial charge on any atom is 0.252 e. The second kappa shape index (κ2) is 8.15. The number of amides is 1. The highest BCUT2D eigenvalue weighted by Crippen LogP contribution is 2.24. The molecule has 1 aromatic carbocycles. The Hall–Kier alpha value is -2.65. The van der Waals surface area contributed by atoms with E-state index >= 15 is 0 Å². The van der Waals surface area contributed by atoms with Crippen LogP contribution in [0.4, 0.5) is 10.2 Å². The highest BCUT2D eigenvalue weighted by atomic mass is 35.5. The van der Waals surface area contributed by atoms with Crippen molar-refractivity contribution in [2.75, 3.05) is 24.5 Å². The molecule has 26 heavy (non-hydrogen) atoms. The molecule has 1 amide bonds. The maximum absolute atomic E-state index is 13.1. The minimum atomic E-state index is -0.467.